The molecule has 0 spiro atoms. The minimum Gasteiger partial charge on any atom is -0.329 e. The van der Waals surface area contributed by atoms with Crippen molar-refractivity contribution in [2.75, 3.05) is 58.6 Å². The van der Waals surface area contributed by atoms with Crippen LogP contribution in [0.15, 0.2) is 0 Å². The molecule has 0 rings (SSSR count). The SMILES string of the molecule is NCCNCCNCCNCCNCP(=O)(O)O. The quantitative estimate of drug-likeness (QED) is 0.145. The predicted octanol–water partition coefficient (Wildman–Crippen LogP) is -2.56. The van der Waals surface area contributed by atoms with E-state index < -0.39 is 7.60 Å². The normalized spacial score (nSPS) is 11.9. The van der Waals surface area contributed by atoms with E-state index in [4.69, 9.17) is 15.5 Å². The number of nitrogens with one attached hydrogen (secondary N) is 4. The van der Waals surface area contributed by atoms with Gasteiger partial charge in [0.15, 0.2) is 0 Å². The maximum Gasteiger partial charge on any atom is 0.339 e. The molecule has 0 aliphatic heterocycles. The van der Waals surface area contributed by atoms with E-state index in [1.165, 1.54) is 0 Å². The molecule has 0 atom stereocenters. The predicted molar refractivity (Wildman–Crippen MR) is 72.6 cm³/mol. The van der Waals surface area contributed by atoms with Crippen LogP contribution in [0.25, 0.3) is 0 Å². The fourth-order valence-electron chi connectivity index (χ4n) is 1.23. The molecule has 0 bridgehead atoms. The van der Waals surface area contributed by atoms with Gasteiger partial charge in [0, 0.05) is 52.4 Å². The molecule has 0 saturated heterocycles. The maximum absolute atomic E-state index is 10.5. The van der Waals surface area contributed by atoms with E-state index in [1.54, 1.807) is 0 Å². The van der Waals surface area contributed by atoms with Gasteiger partial charge in [-0.3, -0.25) is 4.57 Å². The molecule has 0 fully saturated rings. The van der Waals surface area contributed by atoms with Crippen molar-refractivity contribution < 1.29 is 14.4 Å². The lowest BCUT2D eigenvalue weighted by atomic mass is 10.5. The Morgan fingerprint density at radius 2 is 1.17 bits per heavy atom. The first-order valence-corrected chi connectivity index (χ1v) is 7.93. The van der Waals surface area contributed by atoms with Crippen LogP contribution in [-0.4, -0.2) is 68.4 Å². The van der Waals surface area contributed by atoms with Gasteiger partial charge in [-0.2, -0.15) is 0 Å². The van der Waals surface area contributed by atoms with E-state index in [9.17, 15) is 4.57 Å². The first kappa shape index (κ1) is 17.9. The third-order valence-corrected chi connectivity index (χ3v) is 2.71. The van der Waals surface area contributed by atoms with Gasteiger partial charge < -0.3 is 36.8 Å². The van der Waals surface area contributed by atoms with E-state index in [0.717, 1.165) is 32.7 Å². The minimum atomic E-state index is -3.91. The Morgan fingerprint density at radius 3 is 1.56 bits per heavy atom. The lowest BCUT2D eigenvalue weighted by Gasteiger charge is -2.08. The zero-order chi connectivity index (χ0) is 13.7. The smallest absolute Gasteiger partial charge is 0.329 e. The van der Waals surface area contributed by atoms with Gasteiger partial charge in [0.25, 0.3) is 0 Å². The summed E-state index contributed by atoms with van der Waals surface area (Å²) >= 11 is 0. The molecular formula is C9H26N5O3P. The van der Waals surface area contributed by atoms with Gasteiger partial charge in [0.2, 0.25) is 0 Å². The summed E-state index contributed by atoms with van der Waals surface area (Å²) in [6.07, 6.45) is -0.264. The second-order valence-corrected chi connectivity index (χ2v) is 5.51. The third-order valence-electron chi connectivity index (χ3n) is 2.07. The van der Waals surface area contributed by atoms with Gasteiger partial charge >= 0.3 is 7.60 Å². The number of rotatable bonds is 13. The molecule has 0 aromatic rings. The number of nitrogens with two attached hydrogens (primary N) is 1. The molecular weight excluding hydrogens is 257 g/mol. The Balaban J connectivity index is 3.01. The van der Waals surface area contributed by atoms with Crippen LogP contribution < -0.4 is 27.0 Å². The first-order chi connectivity index (χ1) is 8.56. The van der Waals surface area contributed by atoms with Crippen LogP contribution in [-0.2, 0) is 4.57 Å². The molecule has 0 saturated carbocycles. The zero-order valence-corrected chi connectivity index (χ0v) is 11.6. The van der Waals surface area contributed by atoms with E-state index in [-0.39, 0.29) is 6.29 Å². The van der Waals surface area contributed by atoms with Crippen LogP contribution >= 0.6 is 7.60 Å². The van der Waals surface area contributed by atoms with Crippen molar-refractivity contribution in [2.45, 2.75) is 0 Å². The molecule has 0 aliphatic rings. The van der Waals surface area contributed by atoms with Crippen molar-refractivity contribution in [3.8, 4) is 0 Å². The summed E-state index contributed by atoms with van der Waals surface area (Å²) in [6.45, 7) is 6.22. The van der Waals surface area contributed by atoms with Gasteiger partial charge in [0.05, 0.1) is 6.29 Å². The van der Waals surface area contributed by atoms with Gasteiger partial charge in [0.1, 0.15) is 0 Å². The number of hydrogen-bond donors (Lipinski definition) is 7. The largest absolute Gasteiger partial charge is 0.339 e. The fourth-order valence-corrected chi connectivity index (χ4v) is 1.68. The Bertz CT molecular complexity index is 226. The standard InChI is InChI=1S/C9H26N5O3P/c10-1-2-11-3-4-12-5-6-13-7-8-14-9-18(15,16)17/h11-14H,1-10H2,(H2,15,16,17). The summed E-state index contributed by atoms with van der Waals surface area (Å²) in [6, 6.07) is 0. The van der Waals surface area contributed by atoms with Gasteiger partial charge in [-0.25, -0.2) is 0 Å². The highest BCUT2D eigenvalue weighted by Gasteiger charge is 2.10. The van der Waals surface area contributed by atoms with Crippen molar-refractivity contribution in [2.24, 2.45) is 5.73 Å². The Kier molecular flexibility index (Phi) is 12.0. The molecule has 8 N–H and O–H groups in total. The van der Waals surface area contributed by atoms with Gasteiger partial charge in [-0.1, -0.05) is 0 Å². The molecule has 18 heavy (non-hydrogen) atoms. The molecule has 0 unspecified atom stereocenters. The molecule has 0 aliphatic carbocycles. The molecule has 9 heteroatoms. The molecule has 0 aromatic carbocycles. The summed E-state index contributed by atoms with van der Waals surface area (Å²) in [5.41, 5.74) is 5.33. The highest BCUT2D eigenvalue weighted by Crippen LogP contribution is 2.31. The molecule has 0 heterocycles. The fraction of sp³-hybridized carbons (Fsp3) is 1.00. The number of hydrogen-bond acceptors (Lipinski definition) is 6. The topological polar surface area (TPSA) is 132 Å². The average Bonchev–Trinajstić information content (AvgIpc) is 2.29. The zero-order valence-electron chi connectivity index (χ0n) is 10.7. The average molecular weight is 283 g/mol. The Labute approximate surface area is 108 Å². The molecule has 0 amide bonds. The highest BCUT2D eigenvalue weighted by molar-refractivity contribution is 7.51. The Morgan fingerprint density at radius 1 is 0.778 bits per heavy atom. The van der Waals surface area contributed by atoms with Gasteiger partial charge in [-0.05, 0) is 0 Å². The minimum absolute atomic E-state index is 0.264. The Hall–Kier alpha value is -0.0500. The molecule has 8 nitrogen and oxygen atoms in total. The lowest BCUT2D eigenvalue weighted by Crippen LogP contribution is -2.36. The van der Waals surface area contributed by atoms with Crippen molar-refractivity contribution in [3.05, 3.63) is 0 Å². The van der Waals surface area contributed by atoms with E-state index >= 15 is 0 Å². The van der Waals surface area contributed by atoms with Crippen LogP contribution in [0.4, 0.5) is 0 Å². The van der Waals surface area contributed by atoms with Crippen molar-refractivity contribution in [3.63, 3.8) is 0 Å². The summed E-state index contributed by atoms with van der Waals surface area (Å²) in [4.78, 5) is 17.2. The molecule has 110 valence electrons. The molecule has 0 aromatic heterocycles. The van der Waals surface area contributed by atoms with Crippen LogP contribution in [0, 0.1) is 0 Å². The van der Waals surface area contributed by atoms with Crippen molar-refractivity contribution >= 4 is 7.60 Å². The van der Waals surface area contributed by atoms with E-state index in [1.807, 2.05) is 0 Å². The maximum atomic E-state index is 10.5. The lowest BCUT2D eigenvalue weighted by molar-refractivity contribution is 0.368. The summed E-state index contributed by atoms with van der Waals surface area (Å²) in [5, 5.41) is 12.3. The van der Waals surface area contributed by atoms with Crippen molar-refractivity contribution in [1.29, 1.82) is 0 Å². The van der Waals surface area contributed by atoms with Crippen LogP contribution in [0.1, 0.15) is 0 Å². The summed E-state index contributed by atoms with van der Waals surface area (Å²) < 4.78 is 10.5. The summed E-state index contributed by atoms with van der Waals surface area (Å²) in [5.74, 6) is 0. The van der Waals surface area contributed by atoms with Crippen LogP contribution in [0.2, 0.25) is 0 Å². The molecule has 0 radical (unpaired) electrons. The third kappa shape index (κ3) is 16.0. The van der Waals surface area contributed by atoms with Gasteiger partial charge in [-0.15, -0.1) is 0 Å². The van der Waals surface area contributed by atoms with Crippen molar-refractivity contribution in [1.82, 2.24) is 21.3 Å². The van der Waals surface area contributed by atoms with E-state index in [2.05, 4.69) is 21.3 Å². The highest BCUT2D eigenvalue weighted by atomic mass is 31.2. The monoisotopic (exact) mass is 283 g/mol. The second-order valence-electron chi connectivity index (χ2n) is 3.86. The second kappa shape index (κ2) is 12.0. The van der Waals surface area contributed by atoms with Crippen LogP contribution in [0.3, 0.4) is 0 Å². The first-order valence-electron chi connectivity index (χ1n) is 6.14. The summed E-state index contributed by atoms with van der Waals surface area (Å²) in [7, 11) is -3.91. The van der Waals surface area contributed by atoms with Crippen LogP contribution in [0.5, 0.6) is 0 Å². The van der Waals surface area contributed by atoms with E-state index in [0.29, 0.717) is 19.6 Å².